The van der Waals surface area contributed by atoms with Gasteiger partial charge in [0.15, 0.2) is 0 Å². The van der Waals surface area contributed by atoms with Gasteiger partial charge in [-0.3, -0.25) is 9.59 Å². The van der Waals surface area contributed by atoms with E-state index in [-0.39, 0.29) is 16.9 Å². The number of aryl methyl sites for hydroxylation is 2. The smallest absolute Gasteiger partial charge is 0.295 e. The van der Waals surface area contributed by atoms with Gasteiger partial charge in [0, 0.05) is 31.0 Å². The minimum Gasteiger partial charge on any atom is -0.507 e. The molecule has 1 saturated heterocycles. The van der Waals surface area contributed by atoms with Crippen LogP contribution in [0.3, 0.4) is 0 Å². The average Bonchev–Trinajstić information content (AvgIpc) is 3.37. The molecule has 7 heteroatoms. The van der Waals surface area contributed by atoms with Gasteiger partial charge in [-0.2, -0.15) is 0 Å². The molecule has 0 bridgehead atoms. The predicted molar refractivity (Wildman–Crippen MR) is 113 cm³/mol. The number of carbonyl (C=O) groups is 2. The maximum absolute atomic E-state index is 13.3. The molecule has 1 aliphatic heterocycles. The number of amides is 1. The Kier molecular flexibility index (Phi) is 5.66. The average molecular weight is 419 g/mol. The summed E-state index contributed by atoms with van der Waals surface area (Å²) < 4.78 is 15.2. The van der Waals surface area contributed by atoms with Crippen LogP contribution < -0.4 is 0 Å². The van der Waals surface area contributed by atoms with Gasteiger partial charge in [-0.15, -0.1) is 0 Å². The van der Waals surface area contributed by atoms with E-state index in [1.165, 1.54) is 29.2 Å². The van der Waals surface area contributed by atoms with Gasteiger partial charge < -0.3 is 14.6 Å². The van der Waals surface area contributed by atoms with E-state index in [0.717, 1.165) is 11.1 Å². The van der Waals surface area contributed by atoms with Crippen LogP contribution in [-0.4, -0.2) is 37.8 Å². The molecule has 0 radical (unpaired) electrons. The van der Waals surface area contributed by atoms with E-state index in [1.807, 2.05) is 42.0 Å². The van der Waals surface area contributed by atoms with Crippen LogP contribution in [0.4, 0.5) is 4.39 Å². The number of imidazole rings is 1. The standard InChI is InChI=1S/C24H22FN3O3/c1-16-3-5-17(6-4-16)21-20(22(29)18-7-9-19(25)10-8-18)23(30)24(31)28(21)13-2-12-27-14-11-26-15-27/h3-11,14-15,21,29H,2,12-13H2,1H3/b22-20+/t21-/m1/s1. The molecule has 6 nitrogen and oxygen atoms in total. The number of rotatable bonds is 6. The van der Waals surface area contributed by atoms with E-state index >= 15 is 0 Å². The largest absolute Gasteiger partial charge is 0.507 e. The summed E-state index contributed by atoms with van der Waals surface area (Å²) in [7, 11) is 0. The molecule has 4 rings (SSSR count). The van der Waals surface area contributed by atoms with Crippen LogP contribution in [0, 0.1) is 12.7 Å². The first kappa shape index (κ1) is 20.5. The lowest BCUT2D eigenvalue weighted by Crippen LogP contribution is -2.31. The normalized spacial score (nSPS) is 18.0. The van der Waals surface area contributed by atoms with Crippen LogP contribution in [0.15, 0.2) is 72.8 Å². The number of hydrogen-bond acceptors (Lipinski definition) is 4. The second-order valence-electron chi connectivity index (χ2n) is 7.56. The van der Waals surface area contributed by atoms with Crippen LogP contribution in [0.1, 0.15) is 29.2 Å². The molecular formula is C24H22FN3O3. The van der Waals surface area contributed by atoms with Crippen molar-refractivity contribution in [2.24, 2.45) is 0 Å². The van der Waals surface area contributed by atoms with Crippen molar-refractivity contribution in [3.8, 4) is 0 Å². The molecule has 1 aromatic heterocycles. The zero-order chi connectivity index (χ0) is 22.0. The van der Waals surface area contributed by atoms with Crippen molar-refractivity contribution in [3.05, 3.63) is 95.3 Å². The number of benzene rings is 2. The number of likely N-dealkylation sites (tertiary alicyclic amines) is 1. The summed E-state index contributed by atoms with van der Waals surface area (Å²) in [5.74, 6) is -2.15. The summed E-state index contributed by atoms with van der Waals surface area (Å²) >= 11 is 0. The molecule has 2 aromatic carbocycles. The molecule has 0 unspecified atom stereocenters. The number of hydrogen-bond donors (Lipinski definition) is 1. The van der Waals surface area contributed by atoms with Crippen molar-refractivity contribution in [3.63, 3.8) is 0 Å². The number of ketones is 1. The summed E-state index contributed by atoms with van der Waals surface area (Å²) in [5.41, 5.74) is 2.08. The second kappa shape index (κ2) is 8.55. The fraction of sp³-hybridized carbons (Fsp3) is 0.208. The van der Waals surface area contributed by atoms with Gasteiger partial charge in [0.1, 0.15) is 11.6 Å². The maximum atomic E-state index is 13.3. The zero-order valence-electron chi connectivity index (χ0n) is 17.0. The highest BCUT2D eigenvalue weighted by Crippen LogP contribution is 2.39. The van der Waals surface area contributed by atoms with E-state index in [0.29, 0.717) is 19.5 Å². The maximum Gasteiger partial charge on any atom is 0.295 e. The molecule has 1 N–H and O–H groups in total. The van der Waals surface area contributed by atoms with E-state index in [2.05, 4.69) is 4.98 Å². The Bertz CT molecular complexity index is 1120. The summed E-state index contributed by atoms with van der Waals surface area (Å²) in [6, 6.07) is 12.0. The Hall–Kier alpha value is -3.74. The summed E-state index contributed by atoms with van der Waals surface area (Å²) in [4.78, 5) is 31.3. The molecule has 1 fully saturated rings. The molecule has 0 aliphatic carbocycles. The molecule has 158 valence electrons. The van der Waals surface area contributed by atoms with E-state index in [9.17, 15) is 19.1 Å². The summed E-state index contributed by atoms with van der Waals surface area (Å²) in [6.45, 7) is 2.92. The third-order valence-corrected chi connectivity index (χ3v) is 5.43. The molecular weight excluding hydrogens is 397 g/mol. The third kappa shape index (κ3) is 4.12. The number of aliphatic hydroxyl groups is 1. The summed E-state index contributed by atoms with van der Waals surface area (Å²) in [6.07, 6.45) is 5.82. The lowest BCUT2D eigenvalue weighted by atomic mass is 9.94. The van der Waals surface area contributed by atoms with Gasteiger partial charge in [-0.1, -0.05) is 29.8 Å². The number of nitrogens with zero attached hydrogens (tertiary/aromatic N) is 3. The van der Waals surface area contributed by atoms with Gasteiger partial charge in [0.2, 0.25) is 0 Å². The number of aliphatic hydroxyl groups excluding tert-OH is 1. The van der Waals surface area contributed by atoms with Gasteiger partial charge in [0.05, 0.1) is 17.9 Å². The van der Waals surface area contributed by atoms with Crippen LogP contribution in [0.2, 0.25) is 0 Å². The fourth-order valence-electron chi connectivity index (χ4n) is 3.81. The zero-order valence-corrected chi connectivity index (χ0v) is 17.0. The molecule has 3 aromatic rings. The predicted octanol–water partition coefficient (Wildman–Crippen LogP) is 3.84. The van der Waals surface area contributed by atoms with Crippen molar-refractivity contribution >= 4 is 17.4 Å². The monoisotopic (exact) mass is 419 g/mol. The first-order valence-corrected chi connectivity index (χ1v) is 10.0. The molecule has 0 spiro atoms. The Morgan fingerprint density at radius 2 is 1.77 bits per heavy atom. The lowest BCUT2D eigenvalue weighted by molar-refractivity contribution is -0.139. The van der Waals surface area contributed by atoms with Crippen LogP contribution >= 0.6 is 0 Å². The van der Waals surface area contributed by atoms with Gasteiger partial charge in [0.25, 0.3) is 11.7 Å². The van der Waals surface area contributed by atoms with Gasteiger partial charge in [-0.25, -0.2) is 9.37 Å². The highest BCUT2D eigenvalue weighted by Gasteiger charge is 2.45. The van der Waals surface area contributed by atoms with E-state index < -0.39 is 23.5 Å². The third-order valence-electron chi connectivity index (χ3n) is 5.43. The first-order valence-electron chi connectivity index (χ1n) is 10.0. The quantitative estimate of drug-likeness (QED) is 0.374. The minimum atomic E-state index is -0.741. The molecule has 0 saturated carbocycles. The van der Waals surface area contributed by atoms with Crippen molar-refractivity contribution < 1.29 is 19.1 Å². The van der Waals surface area contributed by atoms with Crippen LogP contribution in [-0.2, 0) is 16.1 Å². The Balaban J connectivity index is 1.72. The Morgan fingerprint density at radius 3 is 2.42 bits per heavy atom. The van der Waals surface area contributed by atoms with E-state index in [1.54, 1.807) is 12.5 Å². The highest BCUT2D eigenvalue weighted by molar-refractivity contribution is 6.46. The summed E-state index contributed by atoms with van der Waals surface area (Å²) in [5, 5.41) is 10.9. The van der Waals surface area contributed by atoms with Gasteiger partial charge >= 0.3 is 0 Å². The topological polar surface area (TPSA) is 75.4 Å². The van der Waals surface area contributed by atoms with Crippen molar-refractivity contribution in [1.82, 2.24) is 14.5 Å². The van der Waals surface area contributed by atoms with Crippen molar-refractivity contribution in [2.75, 3.05) is 6.54 Å². The number of halogens is 1. The molecule has 1 amide bonds. The fourth-order valence-corrected chi connectivity index (χ4v) is 3.81. The molecule has 2 heterocycles. The number of aromatic nitrogens is 2. The SMILES string of the molecule is Cc1ccc([C@@H]2/C(=C(\O)c3ccc(F)cc3)C(=O)C(=O)N2CCCn2ccnc2)cc1. The van der Waals surface area contributed by atoms with Crippen LogP contribution in [0.5, 0.6) is 0 Å². The van der Waals surface area contributed by atoms with Gasteiger partial charge in [-0.05, 0) is 43.2 Å². The first-order chi connectivity index (χ1) is 15.0. The lowest BCUT2D eigenvalue weighted by Gasteiger charge is -2.25. The number of Topliss-reactive ketones (excluding diaryl/α,β-unsaturated/α-hetero) is 1. The molecule has 31 heavy (non-hydrogen) atoms. The van der Waals surface area contributed by atoms with Crippen molar-refractivity contribution in [1.29, 1.82) is 0 Å². The highest BCUT2D eigenvalue weighted by atomic mass is 19.1. The second-order valence-corrected chi connectivity index (χ2v) is 7.56. The number of carbonyl (C=O) groups excluding carboxylic acids is 2. The molecule has 1 atom stereocenters. The Morgan fingerprint density at radius 1 is 1.06 bits per heavy atom. The minimum absolute atomic E-state index is 0.0168. The molecule has 1 aliphatic rings. The Labute approximate surface area is 179 Å². The van der Waals surface area contributed by atoms with E-state index in [4.69, 9.17) is 0 Å². The van der Waals surface area contributed by atoms with Crippen molar-refractivity contribution in [2.45, 2.75) is 25.9 Å². The van der Waals surface area contributed by atoms with Crippen LogP contribution in [0.25, 0.3) is 5.76 Å².